The van der Waals surface area contributed by atoms with Crippen LogP contribution >= 0.6 is 11.9 Å². The lowest BCUT2D eigenvalue weighted by atomic mass is 9.95. The Morgan fingerprint density at radius 2 is 2.14 bits per heavy atom. The molecule has 22 heavy (non-hydrogen) atoms. The van der Waals surface area contributed by atoms with Crippen LogP contribution in [0.4, 0.5) is 0 Å². The standard InChI is InChI=1S/C16H17N3O2S/c1-10-12(2-3-13-14(17)6-9-21-15(10)13)16(20)19-22-11-4-7-18-8-5-11/h2-5,7-8,14H,6,9,17H2,1H3,(H,19,20). The second kappa shape index (κ2) is 6.37. The fourth-order valence-corrected chi connectivity index (χ4v) is 3.03. The molecule has 0 saturated heterocycles. The topological polar surface area (TPSA) is 77.2 Å². The van der Waals surface area contributed by atoms with Crippen LogP contribution in [0.15, 0.2) is 41.6 Å². The lowest BCUT2D eigenvalue weighted by Gasteiger charge is -2.25. The van der Waals surface area contributed by atoms with Crippen LogP contribution in [0.5, 0.6) is 5.75 Å². The Labute approximate surface area is 133 Å². The van der Waals surface area contributed by atoms with Gasteiger partial charge in [-0.05, 0) is 37.1 Å². The Morgan fingerprint density at radius 3 is 2.91 bits per heavy atom. The second-order valence-electron chi connectivity index (χ2n) is 5.12. The summed E-state index contributed by atoms with van der Waals surface area (Å²) < 4.78 is 8.54. The van der Waals surface area contributed by atoms with Crippen molar-refractivity contribution < 1.29 is 9.53 Å². The van der Waals surface area contributed by atoms with Gasteiger partial charge in [-0.25, -0.2) is 0 Å². The summed E-state index contributed by atoms with van der Waals surface area (Å²) in [5, 5.41) is 0. The molecule has 0 radical (unpaired) electrons. The number of hydrogen-bond donors (Lipinski definition) is 2. The van der Waals surface area contributed by atoms with Crippen molar-refractivity contribution in [3.05, 3.63) is 53.3 Å². The van der Waals surface area contributed by atoms with Crippen molar-refractivity contribution in [2.24, 2.45) is 5.73 Å². The fourth-order valence-electron chi connectivity index (χ4n) is 2.45. The number of hydrogen-bond acceptors (Lipinski definition) is 5. The first kappa shape index (κ1) is 14.9. The molecule has 1 aromatic heterocycles. The quantitative estimate of drug-likeness (QED) is 0.851. The highest BCUT2D eigenvalue weighted by Crippen LogP contribution is 2.35. The summed E-state index contributed by atoms with van der Waals surface area (Å²) in [6, 6.07) is 7.36. The van der Waals surface area contributed by atoms with Crippen molar-refractivity contribution >= 4 is 17.9 Å². The maximum Gasteiger partial charge on any atom is 0.261 e. The van der Waals surface area contributed by atoms with Gasteiger partial charge in [-0.1, -0.05) is 6.07 Å². The molecule has 2 heterocycles. The number of pyridine rings is 1. The fraction of sp³-hybridized carbons (Fsp3) is 0.250. The maximum atomic E-state index is 12.4. The van der Waals surface area contributed by atoms with Gasteiger partial charge >= 0.3 is 0 Å². The van der Waals surface area contributed by atoms with Crippen molar-refractivity contribution in [3.8, 4) is 5.75 Å². The molecule has 1 aliphatic heterocycles. The number of rotatable bonds is 3. The van der Waals surface area contributed by atoms with Gasteiger partial charge in [0.15, 0.2) is 0 Å². The number of nitrogens with zero attached hydrogens (tertiary/aromatic N) is 1. The number of carbonyl (C=O) groups excluding carboxylic acids is 1. The summed E-state index contributed by atoms with van der Waals surface area (Å²) in [6.45, 7) is 2.48. The molecule has 0 saturated carbocycles. The van der Waals surface area contributed by atoms with Crippen LogP contribution in [0, 0.1) is 6.92 Å². The molecule has 0 aliphatic carbocycles. The molecular formula is C16H17N3O2S. The highest BCUT2D eigenvalue weighted by molar-refractivity contribution is 7.98. The van der Waals surface area contributed by atoms with E-state index in [1.54, 1.807) is 12.4 Å². The molecule has 2 aromatic rings. The van der Waals surface area contributed by atoms with Gasteiger partial charge in [-0.2, -0.15) is 0 Å². The summed E-state index contributed by atoms with van der Waals surface area (Å²) in [5.41, 5.74) is 8.50. The predicted molar refractivity (Wildman–Crippen MR) is 85.8 cm³/mol. The lowest BCUT2D eigenvalue weighted by molar-refractivity contribution is 0.0983. The summed E-state index contributed by atoms with van der Waals surface area (Å²) in [7, 11) is 0. The number of aromatic nitrogens is 1. The third-order valence-electron chi connectivity index (χ3n) is 3.67. The Bertz CT molecular complexity index is 691. The average Bonchev–Trinajstić information content (AvgIpc) is 2.55. The van der Waals surface area contributed by atoms with Gasteiger partial charge in [0.1, 0.15) is 5.75 Å². The van der Waals surface area contributed by atoms with Gasteiger partial charge in [0, 0.05) is 46.4 Å². The molecule has 1 aromatic carbocycles. The number of nitrogens with two attached hydrogens (primary N) is 1. The Hall–Kier alpha value is -2.05. The summed E-state index contributed by atoms with van der Waals surface area (Å²) in [6.07, 6.45) is 4.18. The van der Waals surface area contributed by atoms with Gasteiger partial charge < -0.3 is 10.5 Å². The molecule has 1 unspecified atom stereocenters. The molecule has 3 N–H and O–H groups in total. The van der Waals surface area contributed by atoms with Crippen LogP contribution in [0.1, 0.15) is 33.9 Å². The van der Waals surface area contributed by atoms with E-state index in [4.69, 9.17) is 10.5 Å². The molecule has 6 heteroatoms. The second-order valence-corrected chi connectivity index (χ2v) is 6.00. The Kier molecular flexibility index (Phi) is 4.31. The number of carbonyl (C=O) groups is 1. The number of nitrogens with one attached hydrogen (secondary N) is 1. The minimum Gasteiger partial charge on any atom is -0.493 e. The molecule has 3 rings (SSSR count). The van der Waals surface area contributed by atoms with Gasteiger partial charge in [0.25, 0.3) is 5.91 Å². The third kappa shape index (κ3) is 2.93. The van der Waals surface area contributed by atoms with Crippen molar-refractivity contribution in [1.82, 2.24) is 9.71 Å². The van der Waals surface area contributed by atoms with E-state index in [-0.39, 0.29) is 11.9 Å². The smallest absolute Gasteiger partial charge is 0.261 e. The largest absolute Gasteiger partial charge is 0.493 e. The molecule has 1 atom stereocenters. The van der Waals surface area contributed by atoms with Crippen LogP contribution < -0.4 is 15.2 Å². The third-order valence-corrected chi connectivity index (χ3v) is 4.46. The average molecular weight is 315 g/mol. The Balaban J connectivity index is 1.78. The normalized spacial score (nSPS) is 16.5. The lowest BCUT2D eigenvalue weighted by Crippen LogP contribution is -2.23. The summed E-state index contributed by atoms with van der Waals surface area (Å²) in [4.78, 5) is 17.2. The number of fused-ring (bicyclic) bond motifs is 1. The van der Waals surface area contributed by atoms with Crippen molar-refractivity contribution in [2.75, 3.05) is 6.61 Å². The highest BCUT2D eigenvalue weighted by atomic mass is 32.2. The molecule has 1 aliphatic rings. The monoisotopic (exact) mass is 315 g/mol. The SMILES string of the molecule is Cc1c(C(=O)NSc2ccncc2)ccc2c1OCCC2N. The number of ether oxygens (including phenoxy) is 1. The molecular weight excluding hydrogens is 298 g/mol. The minimum atomic E-state index is -0.148. The minimum absolute atomic E-state index is 0.0224. The van der Waals surface area contributed by atoms with Crippen LogP contribution in [-0.4, -0.2) is 17.5 Å². The number of amides is 1. The highest BCUT2D eigenvalue weighted by Gasteiger charge is 2.23. The summed E-state index contributed by atoms with van der Waals surface area (Å²) in [5.74, 6) is 0.602. The van der Waals surface area contributed by atoms with E-state index < -0.39 is 0 Å². The molecule has 0 bridgehead atoms. The van der Waals surface area contributed by atoms with Crippen LogP contribution in [0.25, 0.3) is 0 Å². The zero-order chi connectivity index (χ0) is 15.5. The van der Waals surface area contributed by atoms with Crippen molar-refractivity contribution in [3.63, 3.8) is 0 Å². The first-order valence-corrected chi connectivity index (χ1v) is 7.87. The Morgan fingerprint density at radius 1 is 1.36 bits per heavy atom. The van der Waals surface area contributed by atoms with E-state index in [9.17, 15) is 4.79 Å². The van der Waals surface area contributed by atoms with Gasteiger partial charge in [0.2, 0.25) is 0 Å². The van der Waals surface area contributed by atoms with Crippen LogP contribution in [0.3, 0.4) is 0 Å². The van der Waals surface area contributed by atoms with E-state index in [0.29, 0.717) is 12.2 Å². The van der Waals surface area contributed by atoms with Gasteiger partial charge in [0.05, 0.1) is 6.61 Å². The van der Waals surface area contributed by atoms with Crippen molar-refractivity contribution in [1.29, 1.82) is 0 Å². The maximum absolute atomic E-state index is 12.4. The molecule has 5 nitrogen and oxygen atoms in total. The first-order valence-electron chi connectivity index (χ1n) is 7.06. The zero-order valence-electron chi connectivity index (χ0n) is 12.2. The molecule has 0 fully saturated rings. The van der Waals surface area contributed by atoms with E-state index >= 15 is 0 Å². The van der Waals surface area contributed by atoms with E-state index in [0.717, 1.165) is 28.2 Å². The zero-order valence-corrected chi connectivity index (χ0v) is 13.0. The summed E-state index contributed by atoms with van der Waals surface area (Å²) >= 11 is 1.26. The van der Waals surface area contributed by atoms with Crippen LogP contribution in [-0.2, 0) is 0 Å². The van der Waals surface area contributed by atoms with E-state index in [2.05, 4.69) is 9.71 Å². The van der Waals surface area contributed by atoms with Gasteiger partial charge in [-0.15, -0.1) is 0 Å². The van der Waals surface area contributed by atoms with E-state index in [1.165, 1.54) is 11.9 Å². The van der Waals surface area contributed by atoms with Crippen molar-refractivity contribution in [2.45, 2.75) is 24.3 Å². The van der Waals surface area contributed by atoms with E-state index in [1.807, 2.05) is 31.2 Å². The van der Waals surface area contributed by atoms with Gasteiger partial charge in [-0.3, -0.25) is 14.5 Å². The first-order chi connectivity index (χ1) is 10.7. The predicted octanol–water partition coefficient (Wildman–Crippen LogP) is 2.61. The van der Waals surface area contributed by atoms with Crippen LogP contribution in [0.2, 0.25) is 0 Å². The number of benzene rings is 1. The molecule has 0 spiro atoms. The molecule has 1 amide bonds. The molecule has 114 valence electrons.